The normalized spacial score (nSPS) is 21.8. The Bertz CT molecular complexity index is 588. The van der Waals surface area contributed by atoms with Crippen LogP contribution in [0.1, 0.15) is 44.9 Å². The van der Waals surface area contributed by atoms with E-state index < -0.39 is 11.6 Å². The highest BCUT2D eigenvalue weighted by atomic mass is 19.2. The number of carbonyl (C=O) groups excluding carboxylic acids is 1. The lowest BCUT2D eigenvalue weighted by atomic mass is 10.1. The number of benzene rings is 1. The number of hydrogen-bond donors (Lipinski definition) is 2. The Kier molecular flexibility index (Phi) is 6.10. The molecule has 0 bridgehead atoms. The lowest BCUT2D eigenvalue weighted by Gasteiger charge is -2.20. The first-order valence-corrected chi connectivity index (χ1v) is 9.36. The summed E-state index contributed by atoms with van der Waals surface area (Å²) in [5, 5.41) is 6.06. The van der Waals surface area contributed by atoms with Gasteiger partial charge in [0, 0.05) is 37.4 Å². The molecule has 138 valence electrons. The Balaban J connectivity index is 1.42. The van der Waals surface area contributed by atoms with Crippen LogP contribution in [0.4, 0.5) is 19.3 Å². The molecule has 1 saturated heterocycles. The van der Waals surface area contributed by atoms with Gasteiger partial charge in [-0.3, -0.25) is 0 Å². The molecule has 6 heteroatoms. The summed E-state index contributed by atoms with van der Waals surface area (Å²) < 4.78 is 26.4. The predicted octanol–water partition coefficient (Wildman–Crippen LogP) is 3.81. The summed E-state index contributed by atoms with van der Waals surface area (Å²) in [4.78, 5) is 14.1. The van der Waals surface area contributed by atoms with Crippen molar-refractivity contribution in [1.82, 2.24) is 10.6 Å². The molecule has 0 aromatic heterocycles. The van der Waals surface area contributed by atoms with Gasteiger partial charge in [-0.25, -0.2) is 13.6 Å². The number of urea groups is 1. The molecule has 0 radical (unpaired) electrons. The number of nitrogens with zero attached hydrogens (tertiary/aromatic N) is 1. The molecule has 25 heavy (non-hydrogen) atoms. The van der Waals surface area contributed by atoms with Crippen LogP contribution in [-0.2, 0) is 0 Å². The molecule has 2 fully saturated rings. The lowest BCUT2D eigenvalue weighted by molar-refractivity contribution is 0.234. The lowest BCUT2D eigenvalue weighted by Crippen LogP contribution is -2.43. The van der Waals surface area contributed by atoms with Crippen LogP contribution in [0.25, 0.3) is 0 Å². The number of rotatable bonds is 4. The van der Waals surface area contributed by atoms with Crippen LogP contribution in [-0.4, -0.2) is 31.7 Å². The second-order valence-corrected chi connectivity index (χ2v) is 7.24. The van der Waals surface area contributed by atoms with E-state index in [2.05, 4.69) is 10.6 Å². The zero-order valence-corrected chi connectivity index (χ0v) is 14.6. The molecule has 0 spiro atoms. The number of nitrogens with one attached hydrogen (secondary N) is 2. The Morgan fingerprint density at radius 2 is 1.84 bits per heavy atom. The summed E-state index contributed by atoms with van der Waals surface area (Å²) in [5.41, 5.74) is 0.698. The average Bonchev–Trinajstić information content (AvgIpc) is 2.93. The van der Waals surface area contributed by atoms with Crippen molar-refractivity contribution in [2.45, 2.75) is 51.0 Å². The van der Waals surface area contributed by atoms with Gasteiger partial charge in [-0.1, -0.05) is 25.7 Å². The fraction of sp³-hybridized carbons (Fsp3) is 0.632. The Labute approximate surface area is 148 Å². The molecule has 2 amide bonds. The van der Waals surface area contributed by atoms with Gasteiger partial charge >= 0.3 is 6.03 Å². The molecule has 2 aliphatic rings. The van der Waals surface area contributed by atoms with E-state index in [0.29, 0.717) is 24.2 Å². The topological polar surface area (TPSA) is 44.4 Å². The zero-order valence-electron chi connectivity index (χ0n) is 14.6. The van der Waals surface area contributed by atoms with Gasteiger partial charge in [-0.2, -0.15) is 0 Å². The van der Waals surface area contributed by atoms with Gasteiger partial charge in [0.15, 0.2) is 11.6 Å². The zero-order chi connectivity index (χ0) is 17.6. The molecule has 2 N–H and O–H groups in total. The highest BCUT2D eigenvalue weighted by molar-refractivity contribution is 5.74. The fourth-order valence-corrected chi connectivity index (χ4v) is 3.81. The monoisotopic (exact) mass is 351 g/mol. The smallest absolute Gasteiger partial charge is 0.315 e. The van der Waals surface area contributed by atoms with Crippen LogP contribution in [0.3, 0.4) is 0 Å². The molecular formula is C19H27F2N3O. The minimum absolute atomic E-state index is 0.0850. The average molecular weight is 351 g/mol. The number of hydrogen-bond acceptors (Lipinski definition) is 2. The SMILES string of the molecule is O=C(NC[C@H]1CCN(c2ccc(F)c(F)c2)C1)NC1CCCCCC1. The molecule has 3 rings (SSSR count). The van der Waals surface area contributed by atoms with Gasteiger partial charge < -0.3 is 15.5 Å². The maximum absolute atomic E-state index is 13.4. The maximum Gasteiger partial charge on any atom is 0.315 e. The van der Waals surface area contributed by atoms with E-state index in [9.17, 15) is 13.6 Å². The number of amides is 2. The van der Waals surface area contributed by atoms with Gasteiger partial charge in [0.05, 0.1) is 0 Å². The standard InChI is InChI=1S/C19H27F2N3O/c20-17-8-7-16(11-18(17)21)24-10-9-14(13-24)12-22-19(25)23-15-5-3-1-2-4-6-15/h7-8,11,14-15H,1-6,9-10,12-13H2,(H2,22,23,25)/t14-/m1/s1. The first kappa shape index (κ1) is 18.0. The number of anilines is 1. The molecule has 1 saturated carbocycles. The van der Waals surface area contributed by atoms with Crippen molar-refractivity contribution in [3.63, 3.8) is 0 Å². The highest BCUT2D eigenvalue weighted by Gasteiger charge is 2.24. The predicted molar refractivity (Wildman–Crippen MR) is 94.7 cm³/mol. The van der Waals surface area contributed by atoms with E-state index in [0.717, 1.165) is 38.4 Å². The van der Waals surface area contributed by atoms with E-state index in [4.69, 9.17) is 0 Å². The van der Waals surface area contributed by atoms with Gasteiger partial charge in [0.1, 0.15) is 0 Å². The summed E-state index contributed by atoms with van der Waals surface area (Å²) in [6.07, 6.45) is 7.99. The van der Waals surface area contributed by atoms with Crippen molar-refractivity contribution in [2.75, 3.05) is 24.5 Å². The third kappa shape index (κ3) is 5.06. The second kappa shape index (κ2) is 8.50. The van der Waals surface area contributed by atoms with Crippen LogP contribution < -0.4 is 15.5 Å². The molecular weight excluding hydrogens is 324 g/mol. The quantitative estimate of drug-likeness (QED) is 0.810. The van der Waals surface area contributed by atoms with Crippen LogP contribution in [0.2, 0.25) is 0 Å². The number of carbonyl (C=O) groups is 1. The molecule has 1 aliphatic heterocycles. The third-order valence-electron chi connectivity index (χ3n) is 5.30. The highest BCUT2D eigenvalue weighted by Crippen LogP contribution is 2.25. The molecule has 4 nitrogen and oxygen atoms in total. The van der Waals surface area contributed by atoms with Crippen LogP contribution in [0.5, 0.6) is 0 Å². The summed E-state index contributed by atoms with van der Waals surface area (Å²) in [5.74, 6) is -1.31. The van der Waals surface area contributed by atoms with Crippen molar-refractivity contribution < 1.29 is 13.6 Å². The van der Waals surface area contributed by atoms with E-state index in [1.165, 1.54) is 31.7 Å². The Morgan fingerprint density at radius 1 is 1.08 bits per heavy atom. The maximum atomic E-state index is 13.4. The van der Waals surface area contributed by atoms with Gasteiger partial charge in [-0.05, 0) is 37.3 Å². The van der Waals surface area contributed by atoms with Crippen LogP contribution >= 0.6 is 0 Å². The third-order valence-corrected chi connectivity index (χ3v) is 5.30. The van der Waals surface area contributed by atoms with Gasteiger partial charge in [-0.15, -0.1) is 0 Å². The summed E-state index contributed by atoms with van der Waals surface area (Å²) in [6, 6.07) is 4.22. The summed E-state index contributed by atoms with van der Waals surface area (Å²) >= 11 is 0. The van der Waals surface area contributed by atoms with E-state index >= 15 is 0 Å². The molecule has 0 unspecified atom stereocenters. The van der Waals surface area contributed by atoms with Crippen molar-refractivity contribution >= 4 is 11.7 Å². The first-order chi connectivity index (χ1) is 12.1. The molecule has 1 aromatic rings. The first-order valence-electron chi connectivity index (χ1n) is 9.36. The summed E-state index contributed by atoms with van der Waals surface area (Å²) in [7, 11) is 0. The van der Waals surface area contributed by atoms with Crippen LogP contribution in [0, 0.1) is 17.6 Å². The largest absolute Gasteiger partial charge is 0.371 e. The minimum atomic E-state index is -0.823. The van der Waals surface area contributed by atoms with Crippen molar-refractivity contribution in [1.29, 1.82) is 0 Å². The molecule has 1 heterocycles. The van der Waals surface area contributed by atoms with Crippen molar-refractivity contribution in [3.8, 4) is 0 Å². The van der Waals surface area contributed by atoms with Crippen molar-refractivity contribution in [2.24, 2.45) is 5.92 Å². The minimum Gasteiger partial charge on any atom is -0.371 e. The van der Waals surface area contributed by atoms with Gasteiger partial charge in [0.2, 0.25) is 0 Å². The molecule has 1 aromatic carbocycles. The summed E-state index contributed by atoms with van der Waals surface area (Å²) in [6.45, 7) is 2.15. The van der Waals surface area contributed by atoms with Crippen molar-refractivity contribution in [3.05, 3.63) is 29.8 Å². The Hall–Kier alpha value is -1.85. The van der Waals surface area contributed by atoms with E-state index in [-0.39, 0.29) is 6.03 Å². The van der Waals surface area contributed by atoms with Gasteiger partial charge in [0.25, 0.3) is 0 Å². The number of halogens is 2. The van der Waals surface area contributed by atoms with Crippen LogP contribution in [0.15, 0.2) is 18.2 Å². The Morgan fingerprint density at radius 3 is 2.56 bits per heavy atom. The molecule has 1 aliphatic carbocycles. The van der Waals surface area contributed by atoms with E-state index in [1.807, 2.05) is 4.90 Å². The van der Waals surface area contributed by atoms with E-state index in [1.54, 1.807) is 6.07 Å². The molecule has 1 atom stereocenters. The fourth-order valence-electron chi connectivity index (χ4n) is 3.81. The second-order valence-electron chi connectivity index (χ2n) is 7.24.